The molecule has 0 saturated heterocycles. The highest BCUT2D eigenvalue weighted by Crippen LogP contribution is 2.30. The Morgan fingerprint density at radius 3 is 2.95 bits per heavy atom. The molecule has 2 unspecified atom stereocenters. The van der Waals surface area contributed by atoms with Gasteiger partial charge in [0.1, 0.15) is 0 Å². The van der Waals surface area contributed by atoms with E-state index >= 15 is 0 Å². The number of para-hydroxylation sites is 1. The predicted molar refractivity (Wildman–Crippen MR) is 73.7 cm³/mol. The lowest BCUT2D eigenvalue weighted by Gasteiger charge is -2.16. The number of amides is 1. The van der Waals surface area contributed by atoms with Gasteiger partial charge in [-0.05, 0) is 11.6 Å². The molecule has 1 aromatic rings. The average Bonchev–Trinajstić information content (AvgIpc) is 2.86. The first-order valence-electron chi connectivity index (χ1n) is 6.47. The lowest BCUT2D eigenvalue weighted by molar-refractivity contribution is -0.140. The number of hydrogen-bond donors (Lipinski definition) is 3. The normalized spacial score (nSPS) is 17.9. The van der Waals surface area contributed by atoms with Gasteiger partial charge in [0.05, 0.1) is 18.4 Å². The molecule has 2 atom stereocenters. The SMILES string of the molecule is COC(CNC(=O)C1CNc2ccccc21)CC(=O)O. The molecule has 1 aliphatic rings. The molecule has 0 aromatic heterocycles. The highest BCUT2D eigenvalue weighted by molar-refractivity contribution is 5.88. The molecule has 6 heteroatoms. The fourth-order valence-electron chi connectivity index (χ4n) is 2.29. The van der Waals surface area contributed by atoms with Crippen molar-refractivity contribution in [2.75, 3.05) is 25.5 Å². The van der Waals surface area contributed by atoms with Crippen LogP contribution in [0.5, 0.6) is 0 Å². The Balaban J connectivity index is 1.91. The molecule has 1 amide bonds. The number of carbonyl (C=O) groups is 2. The van der Waals surface area contributed by atoms with E-state index < -0.39 is 12.1 Å². The molecule has 0 bridgehead atoms. The molecule has 0 spiro atoms. The predicted octanol–water partition coefficient (Wildman–Crippen LogP) is 0.802. The van der Waals surface area contributed by atoms with E-state index in [9.17, 15) is 9.59 Å². The molecular formula is C14H18N2O4. The van der Waals surface area contributed by atoms with Crippen molar-refractivity contribution in [3.8, 4) is 0 Å². The van der Waals surface area contributed by atoms with Crippen molar-refractivity contribution in [3.05, 3.63) is 29.8 Å². The van der Waals surface area contributed by atoms with Crippen molar-refractivity contribution in [2.24, 2.45) is 0 Å². The minimum Gasteiger partial charge on any atom is -0.481 e. The number of carboxylic acid groups (broad SMARTS) is 1. The lowest BCUT2D eigenvalue weighted by Crippen LogP contribution is -2.37. The van der Waals surface area contributed by atoms with E-state index in [4.69, 9.17) is 9.84 Å². The van der Waals surface area contributed by atoms with Crippen molar-refractivity contribution < 1.29 is 19.4 Å². The van der Waals surface area contributed by atoms with Gasteiger partial charge in [0.15, 0.2) is 0 Å². The van der Waals surface area contributed by atoms with Crippen LogP contribution in [0.4, 0.5) is 5.69 Å². The van der Waals surface area contributed by atoms with E-state index in [1.54, 1.807) is 0 Å². The van der Waals surface area contributed by atoms with Crippen LogP contribution in [0, 0.1) is 0 Å². The number of carboxylic acids is 1. The lowest BCUT2D eigenvalue weighted by atomic mass is 10.0. The Morgan fingerprint density at radius 2 is 2.25 bits per heavy atom. The number of nitrogens with one attached hydrogen (secondary N) is 2. The standard InChI is InChI=1S/C14H18N2O4/c1-20-9(6-13(17)18)7-16-14(19)11-8-15-12-5-3-2-4-10(11)12/h2-5,9,11,15H,6-8H2,1H3,(H,16,19)(H,17,18). The van der Waals surface area contributed by atoms with Crippen LogP contribution in [0.3, 0.4) is 0 Å². The van der Waals surface area contributed by atoms with E-state index in [1.165, 1.54) is 7.11 Å². The van der Waals surface area contributed by atoms with Crippen LogP contribution in [0.1, 0.15) is 17.9 Å². The molecule has 0 fully saturated rings. The highest BCUT2D eigenvalue weighted by atomic mass is 16.5. The molecule has 6 nitrogen and oxygen atoms in total. The van der Waals surface area contributed by atoms with Gasteiger partial charge < -0.3 is 20.5 Å². The summed E-state index contributed by atoms with van der Waals surface area (Å²) in [5, 5.41) is 14.7. The molecule has 0 saturated carbocycles. The minimum absolute atomic E-state index is 0.116. The summed E-state index contributed by atoms with van der Waals surface area (Å²) in [7, 11) is 1.44. The summed E-state index contributed by atoms with van der Waals surface area (Å²) in [6.45, 7) is 0.752. The van der Waals surface area contributed by atoms with E-state index in [2.05, 4.69) is 10.6 Å². The van der Waals surface area contributed by atoms with E-state index in [-0.39, 0.29) is 24.8 Å². The van der Waals surface area contributed by atoms with Gasteiger partial charge in [-0.25, -0.2) is 0 Å². The second-order valence-electron chi connectivity index (χ2n) is 4.72. The first kappa shape index (κ1) is 14.3. The summed E-state index contributed by atoms with van der Waals surface area (Å²) in [6, 6.07) is 7.67. The Bertz CT molecular complexity index is 504. The zero-order chi connectivity index (χ0) is 14.5. The molecular weight excluding hydrogens is 260 g/mol. The molecule has 1 heterocycles. The third kappa shape index (κ3) is 3.27. The number of ether oxygens (including phenoxy) is 1. The molecule has 1 aromatic carbocycles. The minimum atomic E-state index is -0.945. The fraction of sp³-hybridized carbons (Fsp3) is 0.429. The molecule has 0 radical (unpaired) electrons. The van der Waals surface area contributed by atoms with Crippen LogP contribution in [0.2, 0.25) is 0 Å². The van der Waals surface area contributed by atoms with Crippen LogP contribution >= 0.6 is 0 Å². The third-order valence-electron chi connectivity index (χ3n) is 3.39. The van der Waals surface area contributed by atoms with Crippen LogP contribution < -0.4 is 10.6 Å². The van der Waals surface area contributed by atoms with Gasteiger partial charge in [-0.15, -0.1) is 0 Å². The molecule has 0 aliphatic carbocycles. The van der Waals surface area contributed by atoms with Crippen molar-refractivity contribution >= 4 is 17.6 Å². The topological polar surface area (TPSA) is 87.7 Å². The summed E-state index contributed by atoms with van der Waals surface area (Å²) in [6.07, 6.45) is -0.642. The number of fused-ring (bicyclic) bond motifs is 1. The zero-order valence-corrected chi connectivity index (χ0v) is 11.3. The Hall–Kier alpha value is -2.08. The number of carbonyl (C=O) groups excluding carboxylic acids is 1. The maximum absolute atomic E-state index is 12.2. The number of anilines is 1. The van der Waals surface area contributed by atoms with E-state index in [1.807, 2.05) is 24.3 Å². The van der Waals surface area contributed by atoms with Crippen LogP contribution in [-0.2, 0) is 14.3 Å². The van der Waals surface area contributed by atoms with Crippen molar-refractivity contribution in [1.29, 1.82) is 0 Å². The van der Waals surface area contributed by atoms with Crippen LogP contribution in [0.15, 0.2) is 24.3 Å². The summed E-state index contributed by atoms with van der Waals surface area (Å²) >= 11 is 0. The van der Waals surface area contributed by atoms with Gasteiger partial charge in [0.2, 0.25) is 5.91 Å². The van der Waals surface area contributed by atoms with Crippen molar-refractivity contribution in [2.45, 2.75) is 18.4 Å². The monoisotopic (exact) mass is 278 g/mol. The number of rotatable bonds is 6. The van der Waals surface area contributed by atoms with E-state index in [0.29, 0.717) is 6.54 Å². The summed E-state index contributed by atoms with van der Waals surface area (Å²) in [5.74, 6) is -1.30. The van der Waals surface area contributed by atoms with Crippen molar-refractivity contribution in [3.63, 3.8) is 0 Å². The van der Waals surface area contributed by atoms with Crippen molar-refractivity contribution in [1.82, 2.24) is 5.32 Å². The second-order valence-corrected chi connectivity index (χ2v) is 4.72. The number of methoxy groups -OCH3 is 1. The van der Waals surface area contributed by atoms with Gasteiger partial charge in [0.25, 0.3) is 0 Å². The Labute approximate surface area is 117 Å². The number of aliphatic carboxylic acids is 1. The van der Waals surface area contributed by atoms with Gasteiger partial charge in [-0.2, -0.15) is 0 Å². The van der Waals surface area contributed by atoms with Crippen LogP contribution in [0.25, 0.3) is 0 Å². The molecule has 108 valence electrons. The smallest absolute Gasteiger partial charge is 0.306 e. The highest BCUT2D eigenvalue weighted by Gasteiger charge is 2.28. The summed E-state index contributed by atoms with van der Waals surface area (Å²) in [5.41, 5.74) is 1.94. The maximum atomic E-state index is 12.2. The second kappa shape index (κ2) is 6.38. The summed E-state index contributed by atoms with van der Waals surface area (Å²) < 4.78 is 5.03. The quantitative estimate of drug-likeness (QED) is 0.716. The maximum Gasteiger partial charge on any atom is 0.306 e. The fourth-order valence-corrected chi connectivity index (χ4v) is 2.29. The van der Waals surface area contributed by atoms with E-state index in [0.717, 1.165) is 11.3 Å². The molecule has 20 heavy (non-hydrogen) atoms. The Morgan fingerprint density at radius 1 is 1.50 bits per heavy atom. The number of hydrogen-bond acceptors (Lipinski definition) is 4. The van der Waals surface area contributed by atoms with Gasteiger partial charge in [-0.3, -0.25) is 9.59 Å². The van der Waals surface area contributed by atoms with Crippen LogP contribution in [-0.4, -0.2) is 43.3 Å². The largest absolute Gasteiger partial charge is 0.481 e. The molecule has 3 N–H and O–H groups in total. The zero-order valence-electron chi connectivity index (χ0n) is 11.3. The summed E-state index contributed by atoms with van der Waals surface area (Å²) in [4.78, 5) is 22.8. The van der Waals surface area contributed by atoms with Gasteiger partial charge in [0, 0.05) is 25.9 Å². The molecule has 2 rings (SSSR count). The Kier molecular flexibility index (Phi) is 4.57. The average molecular weight is 278 g/mol. The number of benzene rings is 1. The third-order valence-corrected chi connectivity index (χ3v) is 3.39. The van der Waals surface area contributed by atoms with Gasteiger partial charge in [-0.1, -0.05) is 18.2 Å². The first-order chi connectivity index (χ1) is 9.61. The molecule has 1 aliphatic heterocycles. The van der Waals surface area contributed by atoms with Gasteiger partial charge >= 0.3 is 5.97 Å². The first-order valence-corrected chi connectivity index (χ1v) is 6.47.